The van der Waals surface area contributed by atoms with Crippen LogP contribution in [0.4, 0.5) is 13.6 Å². The predicted molar refractivity (Wildman–Crippen MR) is 117 cm³/mol. The Morgan fingerprint density at radius 3 is 2.42 bits per heavy atom. The van der Waals surface area contributed by atoms with Crippen LogP contribution in [0.2, 0.25) is 0 Å². The third-order valence-corrected chi connectivity index (χ3v) is 4.80. The molecule has 174 valence electrons. The third kappa shape index (κ3) is 5.36. The topological polar surface area (TPSA) is 86.6 Å². The van der Waals surface area contributed by atoms with Gasteiger partial charge in [-0.15, -0.1) is 0 Å². The molecule has 0 unspecified atom stereocenters. The molecule has 2 aromatic carbocycles. The molecule has 7 nitrogen and oxygen atoms in total. The van der Waals surface area contributed by atoms with Gasteiger partial charge < -0.3 is 14.8 Å². The van der Waals surface area contributed by atoms with E-state index in [1.807, 2.05) is 0 Å². The average molecular weight is 458 g/mol. The highest BCUT2D eigenvalue weighted by Gasteiger charge is 2.27. The number of carbonyl (C=O) groups excluding carboxylic acids is 3. The van der Waals surface area contributed by atoms with Crippen LogP contribution in [-0.4, -0.2) is 41.3 Å². The molecule has 1 aromatic heterocycles. The number of nitrogens with one attached hydrogen (secondary N) is 1. The van der Waals surface area contributed by atoms with Gasteiger partial charge in [0.2, 0.25) is 0 Å². The molecule has 0 bridgehead atoms. The van der Waals surface area contributed by atoms with Crippen molar-refractivity contribution in [2.45, 2.75) is 38.8 Å². The van der Waals surface area contributed by atoms with Crippen LogP contribution in [0.3, 0.4) is 0 Å². The third-order valence-electron chi connectivity index (χ3n) is 4.80. The number of hydrogen-bond acceptors (Lipinski definition) is 5. The molecule has 33 heavy (non-hydrogen) atoms. The summed E-state index contributed by atoms with van der Waals surface area (Å²) in [6.45, 7) is 5.23. The van der Waals surface area contributed by atoms with Crippen LogP contribution < -0.4 is 5.32 Å². The van der Waals surface area contributed by atoms with Gasteiger partial charge in [0.25, 0.3) is 5.91 Å². The second kappa shape index (κ2) is 9.40. The Morgan fingerprint density at radius 1 is 1.06 bits per heavy atom. The molecule has 0 spiro atoms. The summed E-state index contributed by atoms with van der Waals surface area (Å²) in [6, 6.07) is 8.95. The minimum absolute atomic E-state index is 0.0638. The molecule has 0 fully saturated rings. The van der Waals surface area contributed by atoms with Crippen LogP contribution in [-0.2, 0) is 20.7 Å². The fraction of sp³-hybridized carbons (Fsp3) is 0.292. The van der Waals surface area contributed by atoms with E-state index >= 15 is 0 Å². The van der Waals surface area contributed by atoms with E-state index in [0.717, 1.165) is 19.2 Å². The van der Waals surface area contributed by atoms with Crippen molar-refractivity contribution in [3.63, 3.8) is 0 Å². The van der Waals surface area contributed by atoms with Gasteiger partial charge in [0.15, 0.2) is 11.6 Å². The fourth-order valence-electron chi connectivity index (χ4n) is 3.35. The molecule has 0 aliphatic carbocycles. The van der Waals surface area contributed by atoms with Crippen LogP contribution in [0, 0.1) is 11.6 Å². The van der Waals surface area contributed by atoms with Crippen LogP contribution >= 0.6 is 0 Å². The Labute approximate surface area is 189 Å². The normalized spacial score (nSPS) is 12.3. The SMILES string of the molecule is COC(=O)[C@H](Cc1cn(C(=O)OC(C)(C)C)c2ccccc12)NC(=O)c1cccc(F)c1F. The Morgan fingerprint density at radius 2 is 1.76 bits per heavy atom. The van der Waals surface area contributed by atoms with Gasteiger partial charge in [0, 0.05) is 18.0 Å². The second-order valence-corrected chi connectivity index (χ2v) is 8.38. The summed E-state index contributed by atoms with van der Waals surface area (Å²) < 4.78 is 39.1. The zero-order valence-corrected chi connectivity index (χ0v) is 18.6. The molecular formula is C24H24F2N2O5. The van der Waals surface area contributed by atoms with E-state index in [9.17, 15) is 23.2 Å². The van der Waals surface area contributed by atoms with Crippen LogP contribution in [0.25, 0.3) is 10.9 Å². The largest absolute Gasteiger partial charge is 0.467 e. The second-order valence-electron chi connectivity index (χ2n) is 8.38. The highest BCUT2D eigenvalue weighted by atomic mass is 19.2. The van der Waals surface area contributed by atoms with Crippen LogP contribution in [0.15, 0.2) is 48.7 Å². The highest BCUT2D eigenvalue weighted by molar-refractivity contribution is 5.97. The number of para-hydroxylation sites is 1. The molecule has 3 aromatic rings. The summed E-state index contributed by atoms with van der Waals surface area (Å²) in [6.07, 6.45) is 0.848. The average Bonchev–Trinajstić information content (AvgIpc) is 3.12. The monoisotopic (exact) mass is 458 g/mol. The first-order chi connectivity index (χ1) is 15.5. The molecule has 0 saturated carbocycles. The molecule has 0 saturated heterocycles. The Kier molecular flexibility index (Phi) is 6.81. The van der Waals surface area contributed by atoms with E-state index in [4.69, 9.17) is 9.47 Å². The number of halogens is 2. The summed E-state index contributed by atoms with van der Waals surface area (Å²) in [5.74, 6) is -4.26. The van der Waals surface area contributed by atoms with Crippen molar-refractivity contribution in [2.75, 3.05) is 7.11 Å². The van der Waals surface area contributed by atoms with Crippen molar-refractivity contribution in [1.82, 2.24) is 9.88 Å². The Hall–Kier alpha value is -3.75. The first-order valence-corrected chi connectivity index (χ1v) is 10.2. The molecule has 0 aliphatic rings. The van der Waals surface area contributed by atoms with Gasteiger partial charge in [-0.1, -0.05) is 24.3 Å². The molecule has 0 radical (unpaired) electrons. The number of nitrogens with zero attached hydrogens (tertiary/aromatic N) is 1. The van der Waals surface area contributed by atoms with Gasteiger partial charge in [0.05, 0.1) is 18.2 Å². The minimum Gasteiger partial charge on any atom is -0.467 e. The number of fused-ring (bicyclic) bond motifs is 1. The molecule has 0 aliphatic heterocycles. The maximum atomic E-state index is 14.0. The van der Waals surface area contributed by atoms with E-state index in [2.05, 4.69) is 5.32 Å². The lowest BCUT2D eigenvalue weighted by Crippen LogP contribution is -2.43. The fourth-order valence-corrected chi connectivity index (χ4v) is 3.35. The van der Waals surface area contributed by atoms with Gasteiger partial charge in [0.1, 0.15) is 11.6 Å². The summed E-state index contributed by atoms with van der Waals surface area (Å²) in [7, 11) is 1.15. The molecule has 9 heteroatoms. The van der Waals surface area contributed by atoms with Gasteiger partial charge >= 0.3 is 12.1 Å². The van der Waals surface area contributed by atoms with E-state index in [1.165, 1.54) is 16.8 Å². The number of benzene rings is 2. The number of methoxy groups -OCH3 is 1. The van der Waals surface area contributed by atoms with E-state index < -0.39 is 46.8 Å². The summed E-state index contributed by atoms with van der Waals surface area (Å²) >= 11 is 0. The number of ether oxygens (including phenoxy) is 2. The van der Waals surface area contributed by atoms with Crippen molar-refractivity contribution in [2.24, 2.45) is 0 Å². The van der Waals surface area contributed by atoms with Crippen LogP contribution in [0.1, 0.15) is 36.7 Å². The number of hydrogen-bond donors (Lipinski definition) is 1. The lowest BCUT2D eigenvalue weighted by Gasteiger charge is -2.19. The molecule has 1 N–H and O–H groups in total. The van der Waals surface area contributed by atoms with E-state index in [1.54, 1.807) is 45.0 Å². The maximum Gasteiger partial charge on any atom is 0.419 e. The number of rotatable bonds is 5. The number of amides is 1. The van der Waals surface area contributed by atoms with Crippen molar-refractivity contribution in [3.8, 4) is 0 Å². The summed E-state index contributed by atoms with van der Waals surface area (Å²) in [5.41, 5.74) is -0.167. The lowest BCUT2D eigenvalue weighted by molar-refractivity contribution is -0.142. The summed E-state index contributed by atoms with van der Waals surface area (Å²) in [5, 5.41) is 3.05. The number of carbonyl (C=O) groups is 3. The predicted octanol–water partition coefficient (Wildman–Crippen LogP) is 4.22. The highest BCUT2D eigenvalue weighted by Crippen LogP contribution is 2.24. The maximum absolute atomic E-state index is 14.0. The summed E-state index contributed by atoms with van der Waals surface area (Å²) in [4.78, 5) is 37.7. The van der Waals surface area contributed by atoms with Crippen molar-refractivity contribution < 1.29 is 32.6 Å². The van der Waals surface area contributed by atoms with Crippen molar-refractivity contribution in [3.05, 3.63) is 71.4 Å². The minimum atomic E-state index is -1.32. The first-order valence-electron chi connectivity index (χ1n) is 10.2. The number of aromatic nitrogens is 1. The quantitative estimate of drug-likeness (QED) is 0.579. The Balaban J connectivity index is 1.95. The molecule has 3 rings (SSSR count). The van der Waals surface area contributed by atoms with Crippen molar-refractivity contribution in [1.29, 1.82) is 0 Å². The van der Waals surface area contributed by atoms with Gasteiger partial charge in [-0.3, -0.25) is 9.36 Å². The molecule has 1 heterocycles. The zero-order valence-electron chi connectivity index (χ0n) is 18.6. The van der Waals surface area contributed by atoms with Crippen LogP contribution in [0.5, 0.6) is 0 Å². The molecule has 1 amide bonds. The first kappa shape index (κ1) is 23.9. The standard InChI is InChI=1S/C24H24F2N2O5/c1-24(2,3)33-23(31)28-13-14(15-8-5-6-11-19(15)28)12-18(22(30)32-4)27-21(29)16-9-7-10-17(25)20(16)26/h5-11,13,18H,12H2,1-4H3,(H,27,29)/t18-/m0/s1. The van der Waals surface area contributed by atoms with Crippen molar-refractivity contribution >= 4 is 28.9 Å². The molecular weight excluding hydrogens is 434 g/mol. The van der Waals surface area contributed by atoms with Gasteiger partial charge in [-0.05, 0) is 44.5 Å². The zero-order chi connectivity index (χ0) is 24.3. The smallest absolute Gasteiger partial charge is 0.419 e. The number of esters is 1. The lowest BCUT2D eigenvalue weighted by atomic mass is 10.0. The van der Waals surface area contributed by atoms with Gasteiger partial charge in [-0.2, -0.15) is 0 Å². The van der Waals surface area contributed by atoms with E-state index in [-0.39, 0.29) is 6.42 Å². The van der Waals surface area contributed by atoms with Gasteiger partial charge in [-0.25, -0.2) is 18.4 Å². The Bertz CT molecular complexity index is 1210. The molecule has 1 atom stereocenters. The van der Waals surface area contributed by atoms with E-state index in [0.29, 0.717) is 16.5 Å².